The molecule has 2 aromatic carbocycles. The first-order valence-electron chi connectivity index (χ1n) is 10.7. The Hall–Kier alpha value is -2.88. The van der Waals surface area contributed by atoms with Crippen LogP contribution in [0.2, 0.25) is 0 Å². The number of carbonyl (C=O) groups is 2. The Balaban J connectivity index is 1.68. The maximum Gasteiger partial charge on any atom is 0.305 e. The Labute approximate surface area is 179 Å². The molecule has 0 spiro atoms. The molecule has 0 N–H and O–H groups in total. The number of methoxy groups -OCH3 is 1. The maximum atomic E-state index is 12.0. The van der Waals surface area contributed by atoms with E-state index in [0.717, 1.165) is 37.0 Å². The van der Waals surface area contributed by atoms with Crippen LogP contribution >= 0.6 is 0 Å². The van der Waals surface area contributed by atoms with E-state index in [0.29, 0.717) is 32.3 Å². The summed E-state index contributed by atoms with van der Waals surface area (Å²) in [4.78, 5) is 23.1. The number of rotatable bonds is 14. The van der Waals surface area contributed by atoms with E-state index >= 15 is 0 Å². The Morgan fingerprint density at radius 3 is 2.37 bits per heavy atom. The molecular weight excluding hydrogens is 376 g/mol. The van der Waals surface area contributed by atoms with Crippen LogP contribution in [0.3, 0.4) is 0 Å². The van der Waals surface area contributed by atoms with Gasteiger partial charge in [0.15, 0.2) is 5.78 Å². The molecule has 0 heterocycles. The van der Waals surface area contributed by atoms with Crippen LogP contribution in [-0.4, -0.2) is 25.5 Å². The lowest BCUT2D eigenvalue weighted by atomic mass is 10.1. The number of esters is 1. The van der Waals surface area contributed by atoms with Crippen LogP contribution in [0.25, 0.3) is 6.08 Å². The normalized spacial score (nSPS) is 10.8. The first kappa shape index (κ1) is 23.4. The van der Waals surface area contributed by atoms with Crippen molar-refractivity contribution in [2.24, 2.45) is 0 Å². The van der Waals surface area contributed by atoms with E-state index in [-0.39, 0.29) is 11.8 Å². The molecule has 30 heavy (non-hydrogen) atoms. The Bertz CT molecular complexity index is 796. The third-order valence-electron chi connectivity index (χ3n) is 4.86. The lowest BCUT2D eigenvalue weighted by Gasteiger charge is -2.09. The summed E-state index contributed by atoms with van der Waals surface area (Å²) in [5, 5.41) is 0. The molecular formula is C26H32O4. The van der Waals surface area contributed by atoms with Gasteiger partial charge in [-0.25, -0.2) is 0 Å². The van der Waals surface area contributed by atoms with Gasteiger partial charge in [0.25, 0.3) is 0 Å². The van der Waals surface area contributed by atoms with Crippen LogP contribution in [0.1, 0.15) is 56.1 Å². The number of ether oxygens (including phenoxy) is 2. The fourth-order valence-electron chi connectivity index (χ4n) is 3.12. The standard InChI is InChI=1S/C26H32O4/c1-29-26(28)18-10-8-16-24(27)20-19-23-15-7-9-17-25(23)30-21-11-3-6-14-22-12-4-2-5-13-22/h2,4-5,7,9,12-13,15,17,19-20H,3,6,8,10-11,14,16,18,21H2,1H3. The van der Waals surface area contributed by atoms with Crippen LogP contribution in [0.4, 0.5) is 0 Å². The molecule has 0 saturated heterocycles. The number of benzene rings is 2. The minimum absolute atomic E-state index is 0.0515. The average molecular weight is 409 g/mol. The van der Waals surface area contributed by atoms with E-state index in [9.17, 15) is 9.59 Å². The molecule has 0 aliphatic carbocycles. The third-order valence-corrected chi connectivity index (χ3v) is 4.86. The molecule has 4 heteroatoms. The largest absolute Gasteiger partial charge is 0.493 e. The average Bonchev–Trinajstić information content (AvgIpc) is 2.78. The zero-order valence-corrected chi connectivity index (χ0v) is 17.8. The lowest BCUT2D eigenvalue weighted by Crippen LogP contribution is -2.01. The Morgan fingerprint density at radius 1 is 0.833 bits per heavy atom. The van der Waals surface area contributed by atoms with Gasteiger partial charge in [0, 0.05) is 18.4 Å². The summed E-state index contributed by atoms with van der Waals surface area (Å²) in [6, 6.07) is 18.3. The van der Waals surface area contributed by atoms with E-state index in [1.165, 1.54) is 12.7 Å². The number of hydrogen-bond donors (Lipinski definition) is 0. The van der Waals surface area contributed by atoms with Crippen molar-refractivity contribution in [1.29, 1.82) is 0 Å². The number of para-hydroxylation sites is 1. The Kier molecular flexibility index (Phi) is 11.0. The number of hydrogen-bond acceptors (Lipinski definition) is 4. The summed E-state index contributed by atoms with van der Waals surface area (Å²) >= 11 is 0. The van der Waals surface area contributed by atoms with Crippen LogP contribution in [-0.2, 0) is 20.7 Å². The molecule has 2 rings (SSSR count). The maximum absolute atomic E-state index is 12.0. The molecule has 0 bridgehead atoms. The minimum atomic E-state index is -0.232. The summed E-state index contributed by atoms with van der Waals surface area (Å²) in [6.45, 7) is 0.668. The number of carbonyl (C=O) groups excluding carboxylic acids is 2. The third kappa shape index (κ3) is 9.55. The lowest BCUT2D eigenvalue weighted by molar-refractivity contribution is -0.140. The monoisotopic (exact) mass is 408 g/mol. The number of aryl methyl sites for hydroxylation is 1. The highest BCUT2D eigenvalue weighted by Gasteiger charge is 2.04. The van der Waals surface area contributed by atoms with Gasteiger partial charge in [-0.2, -0.15) is 0 Å². The molecule has 0 aromatic heterocycles. The second-order valence-corrected chi connectivity index (χ2v) is 7.27. The van der Waals surface area contributed by atoms with Gasteiger partial charge in [0.05, 0.1) is 13.7 Å². The van der Waals surface area contributed by atoms with Crippen molar-refractivity contribution in [2.75, 3.05) is 13.7 Å². The molecule has 0 aliphatic heterocycles. The van der Waals surface area contributed by atoms with Crippen LogP contribution in [0.5, 0.6) is 5.75 Å². The highest BCUT2D eigenvalue weighted by molar-refractivity contribution is 5.93. The van der Waals surface area contributed by atoms with E-state index in [2.05, 4.69) is 29.0 Å². The van der Waals surface area contributed by atoms with Crippen LogP contribution in [0, 0.1) is 0 Å². The molecule has 0 amide bonds. The van der Waals surface area contributed by atoms with Crippen molar-refractivity contribution in [3.05, 3.63) is 71.8 Å². The van der Waals surface area contributed by atoms with E-state index < -0.39 is 0 Å². The van der Waals surface area contributed by atoms with Crippen molar-refractivity contribution >= 4 is 17.8 Å². The number of allylic oxidation sites excluding steroid dienone is 1. The first-order chi connectivity index (χ1) is 14.7. The van der Waals surface area contributed by atoms with Gasteiger partial charge >= 0.3 is 5.97 Å². The summed E-state index contributed by atoms with van der Waals surface area (Å²) in [5.41, 5.74) is 2.29. The second-order valence-electron chi connectivity index (χ2n) is 7.27. The predicted molar refractivity (Wildman–Crippen MR) is 120 cm³/mol. The predicted octanol–water partition coefficient (Wildman–Crippen LogP) is 5.79. The number of ketones is 1. The smallest absolute Gasteiger partial charge is 0.305 e. The topological polar surface area (TPSA) is 52.6 Å². The van der Waals surface area contributed by atoms with Gasteiger partial charge in [-0.3, -0.25) is 9.59 Å². The summed E-state index contributed by atoms with van der Waals surface area (Å²) < 4.78 is 10.5. The van der Waals surface area contributed by atoms with E-state index in [1.807, 2.05) is 36.4 Å². The van der Waals surface area contributed by atoms with Crippen molar-refractivity contribution < 1.29 is 19.1 Å². The van der Waals surface area contributed by atoms with Crippen molar-refractivity contribution in [3.63, 3.8) is 0 Å². The van der Waals surface area contributed by atoms with Gasteiger partial charge in [-0.1, -0.05) is 48.5 Å². The molecule has 4 nitrogen and oxygen atoms in total. The van der Waals surface area contributed by atoms with Gasteiger partial charge in [-0.15, -0.1) is 0 Å². The second kappa shape index (κ2) is 14.2. The van der Waals surface area contributed by atoms with Gasteiger partial charge in [-0.05, 0) is 62.3 Å². The molecule has 0 aliphatic rings. The fourth-order valence-corrected chi connectivity index (χ4v) is 3.12. The quantitative estimate of drug-likeness (QED) is 0.225. The highest BCUT2D eigenvalue weighted by Crippen LogP contribution is 2.20. The summed E-state index contributed by atoms with van der Waals surface area (Å²) in [5.74, 6) is 0.620. The van der Waals surface area contributed by atoms with E-state index in [4.69, 9.17) is 4.74 Å². The SMILES string of the molecule is COC(=O)CCCCC(=O)C=Cc1ccccc1OCCCCCc1ccccc1. The van der Waals surface area contributed by atoms with Gasteiger partial charge in [0.2, 0.25) is 0 Å². The molecule has 0 atom stereocenters. The first-order valence-corrected chi connectivity index (χ1v) is 10.7. The summed E-state index contributed by atoms with van der Waals surface area (Å²) in [7, 11) is 1.38. The van der Waals surface area contributed by atoms with Crippen LogP contribution in [0.15, 0.2) is 60.7 Å². The zero-order chi connectivity index (χ0) is 21.4. The molecule has 160 valence electrons. The molecule has 0 fully saturated rings. The minimum Gasteiger partial charge on any atom is -0.493 e. The molecule has 0 saturated carbocycles. The van der Waals surface area contributed by atoms with Crippen molar-refractivity contribution in [1.82, 2.24) is 0 Å². The number of unbranched alkanes of at least 4 members (excludes halogenated alkanes) is 3. The molecule has 0 unspecified atom stereocenters. The molecule has 0 radical (unpaired) electrons. The fraction of sp³-hybridized carbons (Fsp3) is 0.385. The van der Waals surface area contributed by atoms with E-state index in [1.54, 1.807) is 6.08 Å². The van der Waals surface area contributed by atoms with Crippen LogP contribution < -0.4 is 4.74 Å². The highest BCUT2D eigenvalue weighted by atomic mass is 16.5. The van der Waals surface area contributed by atoms with Gasteiger partial charge in [0.1, 0.15) is 5.75 Å². The van der Waals surface area contributed by atoms with Crippen molar-refractivity contribution in [2.45, 2.75) is 51.4 Å². The summed E-state index contributed by atoms with van der Waals surface area (Å²) in [6.07, 6.45) is 9.92. The van der Waals surface area contributed by atoms with Gasteiger partial charge < -0.3 is 9.47 Å². The zero-order valence-electron chi connectivity index (χ0n) is 17.8. The molecule has 2 aromatic rings. The van der Waals surface area contributed by atoms with Crippen molar-refractivity contribution in [3.8, 4) is 5.75 Å². The Morgan fingerprint density at radius 2 is 1.57 bits per heavy atom.